The first-order valence-electron chi connectivity index (χ1n) is 18.1. The number of hydrogen-bond acceptors (Lipinski definition) is 15. The quantitative estimate of drug-likeness (QED) is 0.226. The first kappa shape index (κ1) is 35.3. The fourth-order valence-corrected chi connectivity index (χ4v) is 11.7. The zero-order valence-corrected chi connectivity index (χ0v) is 31.7. The van der Waals surface area contributed by atoms with Crippen molar-refractivity contribution >= 4 is 23.7 Å². The summed E-state index contributed by atoms with van der Waals surface area (Å²) >= 11 is 1.47. The molecule has 7 aliphatic heterocycles. The summed E-state index contributed by atoms with van der Waals surface area (Å²) in [5, 5.41) is 38.2. The number of fused-ring (bicyclic) bond motifs is 9. The van der Waals surface area contributed by atoms with E-state index < -0.39 is 47.1 Å². The number of carbonyl (C=O) groups excluding carboxylic acids is 2. The van der Waals surface area contributed by atoms with Crippen LogP contribution in [-0.4, -0.2) is 102 Å². The van der Waals surface area contributed by atoms with Crippen LogP contribution in [0.25, 0.3) is 0 Å². The van der Waals surface area contributed by atoms with E-state index in [1.807, 2.05) is 31.9 Å². The number of thioether (sulfide) groups is 1. The predicted molar refractivity (Wildman–Crippen MR) is 195 cm³/mol. The molecule has 14 nitrogen and oxygen atoms in total. The number of aliphatic hydroxyl groups excluding tert-OH is 1. The lowest BCUT2D eigenvalue weighted by Crippen LogP contribution is -2.70. The average molecular weight is 762 g/mol. The molecule has 0 saturated carbocycles. The van der Waals surface area contributed by atoms with E-state index in [1.54, 1.807) is 12.1 Å². The zero-order chi connectivity index (χ0) is 38.0. The second-order valence-corrected chi connectivity index (χ2v) is 16.1. The van der Waals surface area contributed by atoms with Gasteiger partial charge in [0, 0.05) is 47.5 Å². The summed E-state index contributed by atoms with van der Waals surface area (Å²) in [6.45, 7) is 5.26. The van der Waals surface area contributed by atoms with Gasteiger partial charge in [0.15, 0.2) is 40.0 Å². The number of phenolic OH excluding ortho intramolecular Hbond substituents is 2. The smallest absolute Gasteiger partial charge is 0.331 e. The first-order valence-corrected chi connectivity index (χ1v) is 19.1. The molecule has 2 saturated heterocycles. The number of aliphatic hydroxyl groups is 1. The number of aryl methyl sites for hydroxylation is 1. The Labute approximate surface area is 316 Å². The Hall–Kier alpha value is -4.41. The average Bonchev–Trinajstić information content (AvgIpc) is 3.63. The van der Waals surface area contributed by atoms with Gasteiger partial charge in [0.1, 0.15) is 18.6 Å². The van der Waals surface area contributed by atoms with Crippen molar-refractivity contribution in [3.63, 3.8) is 0 Å². The van der Waals surface area contributed by atoms with E-state index in [2.05, 4.69) is 10.2 Å². The maximum atomic E-state index is 14.7. The molecular formula is C39H43N3O11S. The molecule has 7 atom stereocenters. The molecule has 0 radical (unpaired) electrons. The molecular weight excluding hydrogens is 719 g/mol. The third kappa shape index (κ3) is 4.74. The van der Waals surface area contributed by atoms with E-state index in [-0.39, 0.29) is 42.4 Å². The van der Waals surface area contributed by atoms with E-state index >= 15 is 0 Å². The molecule has 7 aliphatic rings. The van der Waals surface area contributed by atoms with E-state index in [4.69, 9.17) is 28.4 Å². The summed E-state index contributed by atoms with van der Waals surface area (Å²) in [6, 6.07) is 3.13. The molecule has 286 valence electrons. The zero-order valence-electron chi connectivity index (χ0n) is 30.8. The van der Waals surface area contributed by atoms with E-state index in [9.17, 15) is 24.9 Å². The minimum atomic E-state index is -1.36. The van der Waals surface area contributed by atoms with Gasteiger partial charge in [0.25, 0.3) is 0 Å². The van der Waals surface area contributed by atoms with Crippen LogP contribution in [-0.2, 0) is 32.7 Å². The number of piperazine rings is 1. The highest BCUT2D eigenvalue weighted by Crippen LogP contribution is 2.64. The van der Waals surface area contributed by atoms with Crippen molar-refractivity contribution in [3.05, 3.63) is 62.7 Å². The molecule has 2 fully saturated rings. The number of nitrogens with zero attached hydrogens (tertiary/aromatic N) is 2. The molecule has 4 N–H and O–H groups in total. The Morgan fingerprint density at radius 3 is 2.54 bits per heavy atom. The molecule has 4 bridgehead atoms. The number of likely N-dealkylation sites (N-methyl/N-ethyl adjacent to an activating group) is 1. The van der Waals surface area contributed by atoms with Gasteiger partial charge in [0.05, 0.1) is 37.6 Å². The highest BCUT2D eigenvalue weighted by molar-refractivity contribution is 7.99. The number of carbonyl (C=O) groups is 2. The number of rotatable bonds is 3. The number of aromatic hydroxyl groups is 2. The predicted octanol–water partition coefficient (Wildman–Crippen LogP) is 3.41. The van der Waals surface area contributed by atoms with Crippen molar-refractivity contribution in [3.8, 4) is 40.2 Å². The topological polar surface area (TPSA) is 169 Å². The van der Waals surface area contributed by atoms with Gasteiger partial charge in [-0.25, -0.2) is 4.79 Å². The summed E-state index contributed by atoms with van der Waals surface area (Å²) in [5.74, 6) is 0.949. The SMILES string of the molecule is COc1cc2c(cc1O)CCN[C@]21CSC2c3c(OC(C)=O)c(C)c4c(c3[C@H](COC1=O)N1C(O)[C@@H]3Cc5cc(C)c(OC)c(O)c5[C@H]([C@H]21)N3C)OCO4. The number of phenols is 2. The Bertz CT molecular complexity index is 2130. The lowest BCUT2D eigenvalue weighted by Gasteiger charge is -2.62. The number of esters is 2. The maximum absolute atomic E-state index is 14.7. The maximum Gasteiger partial charge on any atom is 0.331 e. The first-order chi connectivity index (χ1) is 25.9. The van der Waals surface area contributed by atoms with Crippen LogP contribution in [0.5, 0.6) is 40.2 Å². The van der Waals surface area contributed by atoms with Crippen LogP contribution in [0.1, 0.15) is 68.8 Å². The number of ether oxygens (including phenoxy) is 6. The Morgan fingerprint density at radius 1 is 1.02 bits per heavy atom. The molecule has 54 heavy (non-hydrogen) atoms. The normalized spacial score (nSPS) is 29.4. The van der Waals surface area contributed by atoms with Crippen molar-refractivity contribution in [2.75, 3.05) is 47.0 Å². The number of benzene rings is 3. The van der Waals surface area contributed by atoms with Crippen LogP contribution in [0.3, 0.4) is 0 Å². The van der Waals surface area contributed by atoms with Crippen molar-refractivity contribution in [1.29, 1.82) is 0 Å². The molecule has 0 aliphatic carbocycles. The standard InChI is InChI=1S/C39H43N3O11S/c1-16-9-20-10-22-37(46)42-23-13-50-38(47)39(21-12-25(48-5)24(44)11-19(21)7-8-40-39)14-54-36(30(42)29(41(22)4)26(20)31(45)32(16)49-6)28-27(23)35-34(51-15-52-35)17(2)33(28)53-18(3)43/h9,11-12,22-23,29-30,36-37,40,44-46H,7-8,10,13-15H2,1-6H3/t22-,23-,29+,30+,36?,37?,39+/m0/s1. The minimum absolute atomic E-state index is 0.0226. The largest absolute Gasteiger partial charge is 0.504 e. The van der Waals surface area contributed by atoms with Crippen LogP contribution < -0.4 is 29.0 Å². The van der Waals surface area contributed by atoms with Gasteiger partial charge in [-0.05, 0) is 68.1 Å². The molecule has 10 rings (SSSR count). The Morgan fingerprint density at radius 2 is 1.80 bits per heavy atom. The molecule has 1 spiro atoms. The summed E-state index contributed by atoms with van der Waals surface area (Å²) in [5.41, 5.74) is 4.36. The highest BCUT2D eigenvalue weighted by Gasteiger charge is 2.61. The van der Waals surface area contributed by atoms with Gasteiger partial charge >= 0.3 is 11.9 Å². The molecule has 7 heterocycles. The molecule has 3 aromatic carbocycles. The molecule has 2 unspecified atom stereocenters. The van der Waals surface area contributed by atoms with Crippen LogP contribution >= 0.6 is 11.8 Å². The van der Waals surface area contributed by atoms with Crippen molar-refractivity contribution in [1.82, 2.24) is 15.1 Å². The van der Waals surface area contributed by atoms with Crippen molar-refractivity contribution < 1.29 is 53.3 Å². The lowest BCUT2D eigenvalue weighted by molar-refractivity contribution is -0.186. The Kier molecular flexibility index (Phi) is 8.21. The van der Waals surface area contributed by atoms with Crippen LogP contribution in [0.15, 0.2) is 18.2 Å². The fraction of sp³-hybridized carbons (Fsp3) is 0.487. The molecule has 3 aromatic rings. The Balaban J connectivity index is 1.32. The fourth-order valence-electron chi connectivity index (χ4n) is 10.00. The van der Waals surface area contributed by atoms with E-state index in [1.165, 1.54) is 32.9 Å². The molecule has 0 amide bonds. The van der Waals surface area contributed by atoms with Gasteiger partial charge in [-0.1, -0.05) is 6.07 Å². The summed E-state index contributed by atoms with van der Waals surface area (Å²) in [7, 11) is 4.96. The third-order valence-electron chi connectivity index (χ3n) is 12.3. The van der Waals surface area contributed by atoms with Crippen LogP contribution in [0.2, 0.25) is 0 Å². The monoisotopic (exact) mass is 761 g/mol. The second-order valence-electron chi connectivity index (χ2n) is 14.9. The van der Waals surface area contributed by atoms with Gasteiger partial charge in [-0.2, -0.15) is 0 Å². The summed E-state index contributed by atoms with van der Waals surface area (Å²) in [6.07, 6.45) is -0.0282. The summed E-state index contributed by atoms with van der Waals surface area (Å²) in [4.78, 5) is 31.7. The highest BCUT2D eigenvalue weighted by atomic mass is 32.2. The van der Waals surface area contributed by atoms with E-state index in [0.29, 0.717) is 70.2 Å². The van der Waals surface area contributed by atoms with Gasteiger partial charge < -0.3 is 43.7 Å². The molecule has 0 aromatic heterocycles. The van der Waals surface area contributed by atoms with Crippen molar-refractivity contribution in [2.24, 2.45) is 0 Å². The number of hydrogen-bond donors (Lipinski definition) is 4. The second kappa shape index (κ2) is 12.6. The van der Waals surface area contributed by atoms with Crippen LogP contribution in [0.4, 0.5) is 0 Å². The van der Waals surface area contributed by atoms with Gasteiger partial charge in [0.2, 0.25) is 6.79 Å². The minimum Gasteiger partial charge on any atom is -0.504 e. The van der Waals surface area contributed by atoms with Gasteiger partial charge in [-0.15, -0.1) is 11.8 Å². The van der Waals surface area contributed by atoms with Crippen LogP contribution in [0, 0.1) is 13.8 Å². The van der Waals surface area contributed by atoms with E-state index in [0.717, 1.165) is 16.7 Å². The number of nitrogens with one attached hydrogen (secondary N) is 1. The lowest BCUT2D eigenvalue weighted by atomic mass is 9.73. The summed E-state index contributed by atoms with van der Waals surface area (Å²) < 4.78 is 35.9. The molecule has 15 heteroatoms. The van der Waals surface area contributed by atoms with Gasteiger partial charge in [-0.3, -0.25) is 19.9 Å². The van der Waals surface area contributed by atoms with Crippen molar-refractivity contribution in [2.45, 2.75) is 74.8 Å². The third-order valence-corrected chi connectivity index (χ3v) is 13.7. The number of methoxy groups -OCH3 is 2.